The molecule has 0 unspecified atom stereocenters. The predicted molar refractivity (Wildman–Crippen MR) is 104 cm³/mol. The molecule has 0 radical (unpaired) electrons. The van der Waals surface area contributed by atoms with Crippen LogP contribution in [0.3, 0.4) is 0 Å². The van der Waals surface area contributed by atoms with Gasteiger partial charge in [-0.25, -0.2) is 0 Å². The normalized spacial score (nSPS) is 12.7. The van der Waals surface area contributed by atoms with Gasteiger partial charge in [0.05, 0.1) is 25.5 Å². The Hall–Kier alpha value is -2.90. The number of amides is 2. The van der Waals surface area contributed by atoms with Gasteiger partial charge in [0.15, 0.2) is 6.61 Å². The van der Waals surface area contributed by atoms with Gasteiger partial charge in [-0.3, -0.25) is 9.59 Å². The van der Waals surface area contributed by atoms with Crippen LogP contribution in [-0.4, -0.2) is 38.2 Å². The number of nitrogens with one attached hydrogen (secondary N) is 2. The molecule has 2 amide bonds. The van der Waals surface area contributed by atoms with Gasteiger partial charge in [-0.1, -0.05) is 24.3 Å². The van der Waals surface area contributed by atoms with Crippen LogP contribution in [0, 0.1) is 0 Å². The average molecular weight is 384 g/mol. The lowest BCUT2D eigenvalue weighted by atomic mass is 10.1. The summed E-state index contributed by atoms with van der Waals surface area (Å²) in [6, 6.07) is 12.8. The minimum Gasteiger partial charge on any atom is -0.482 e. The van der Waals surface area contributed by atoms with Crippen LogP contribution in [0.25, 0.3) is 0 Å². The first kappa shape index (κ1) is 19.9. The number of hydrogen-bond acceptors (Lipinski definition) is 5. The Morgan fingerprint density at radius 3 is 2.82 bits per heavy atom. The number of fused-ring (bicyclic) bond motifs is 1. The lowest BCUT2D eigenvalue weighted by Crippen LogP contribution is -2.26. The summed E-state index contributed by atoms with van der Waals surface area (Å²) in [5.41, 5.74) is 3.08. The number of anilines is 1. The lowest BCUT2D eigenvalue weighted by Gasteiger charge is -2.18. The molecule has 7 heteroatoms. The zero-order chi connectivity index (χ0) is 19.8. The fourth-order valence-corrected chi connectivity index (χ4v) is 2.78. The summed E-state index contributed by atoms with van der Waals surface area (Å²) < 4.78 is 16.2. The summed E-state index contributed by atoms with van der Waals surface area (Å²) >= 11 is 0. The molecule has 0 fully saturated rings. The van der Waals surface area contributed by atoms with E-state index in [1.54, 1.807) is 18.2 Å². The maximum Gasteiger partial charge on any atom is 0.262 e. The topological polar surface area (TPSA) is 85.9 Å². The summed E-state index contributed by atoms with van der Waals surface area (Å²) in [6.45, 7) is 4.63. The molecule has 0 saturated carbocycles. The third kappa shape index (κ3) is 5.55. The van der Waals surface area contributed by atoms with Crippen molar-refractivity contribution in [3.05, 3.63) is 59.2 Å². The molecule has 0 bridgehead atoms. The van der Waals surface area contributed by atoms with Crippen molar-refractivity contribution >= 4 is 17.5 Å². The molecular formula is C21H24N2O5. The molecular weight excluding hydrogens is 360 g/mol. The first-order chi connectivity index (χ1) is 13.7. The third-order valence-electron chi connectivity index (χ3n) is 4.17. The molecule has 3 rings (SSSR count). The van der Waals surface area contributed by atoms with Crippen molar-refractivity contribution < 1.29 is 23.8 Å². The van der Waals surface area contributed by atoms with Crippen LogP contribution in [0.4, 0.5) is 5.69 Å². The molecule has 1 aliphatic heterocycles. The molecule has 2 aromatic carbocycles. The van der Waals surface area contributed by atoms with Crippen LogP contribution >= 0.6 is 0 Å². The highest BCUT2D eigenvalue weighted by Crippen LogP contribution is 2.28. The highest BCUT2D eigenvalue weighted by Gasteiger charge is 2.17. The predicted octanol–water partition coefficient (Wildman–Crippen LogP) is 2.50. The maximum atomic E-state index is 12.4. The fourth-order valence-electron chi connectivity index (χ4n) is 2.78. The minimum atomic E-state index is -0.207. The van der Waals surface area contributed by atoms with Crippen molar-refractivity contribution in [3.8, 4) is 5.75 Å². The van der Waals surface area contributed by atoms with E-state index in [1.165, 1.54) is 0 Å². The first-order valence-corrected chi connectivity index (χ1v) is 9.24. The van der Waals surface area contributed by atoms with Crippen LogP contribution in [0.1, 0.15) is 28.4 Å². The standard InChI is InChI=1S/C21H24N2O5/c1-2-26-8-9-27-13-16-5-3-4-15(10-16)12-22-21(25)17-6-7-18-19(11-17)28-14-20(24)23-18/h3-7,10-11H,2,8-9,12-14H2,1H3,(H,22,25)(H,23,24). The smallest absolute Gasteiger partial charge is 0.262 e. The second kappa shape index (κ2) is 9.87. The van der Waals surface area contributed by atoms with Crippen molar-refractivity contribution in [2.45, 2.75) is 20.1 Å². The largest absolute Gasteiger partial charge is 0.482 e. The molecule has 148 valence electrons. The van der Waals surface area contributed by atoms with Crippen molar-refractivity contribution in [2.75, 3.05) is 31.7 Å². The SMILES string of the molecule is CCOCCOCc1cccc(CNC(=O)c2ccc3c(c2)OCC(=O)N3)c1. The van der Waals surface area contributed by atoms with E-state index < -0.39 is 0 Å². The number of rotatable bonds is 9. The quantitative estimate of drug-likeness (QED) is 0.649. The van der Waals surface area contributed by atoms with Gasteiger partial charge in [-0.15, -0.1) is 0 Å². The van der Waals surface area contributed by atoms with E-state index in [2.05, 4.69) is 10.6 Å². The van der Waals surface area contributed by atoms with Gasteiger partial charge in [0, 0.05) is 18.7 Å². The van der Waals surface area contributed by atoms with Crippen LogP contribution < -0.4 is 15.4 Å². The van der Waals surface area contributed by atoms with Crippen LogP contribution in [-0.2, 0) is 27.4 Å². The van der Waals surface area contributed by atoms with E-state index in [4.69, 9.17) is 14.2 Å². The van der Waals surface area contributed by atoms with Gasteiger partial charge in [0.25, 0.3) is 11.8 Å². The highest BCUT2D eigenvalue weighted by molar-refractivity contribution is 5.98. The monoisotopic (exact) mass is 384 g/mol. The number of ether oxygens (including phenoxy) is 3. The van der Waals surface area contributed by atoms with E-state index in [9.17, 15) is 9.59 Å². The Bertz CT molecular complexity index is 837. The number of hydrogen-bond donors (Lipinski definition) is 2. The van der Waals surface area contributed by atoms with Gasteiger partial charge < -0.3 is 24.8 Å². The van der Waals surface area contributed by atoms with E-state index in [-0.39, 0.29) is 18.4 Å². The van der Waals surface area contributed by atoms with Gasteiger partial charge in [0.1, 0.15) is 5.75 Å². The zero-order valence-corrected chi connectivity index (χ0v) is 15.8. The Morgan fingerprint density at radius 1 is 1.14 bits per heavy atom. The Morgan fingerprint density at radius 2 is 1.96 bits per heavy atom. The molecule has 0 spiro atoms. The molecule has 2 aromatic rings. The van der Waals surface area contributed by atoms with Gasteiger partial charge in [-0.2, -0.15) is 0 Å². The van der Waals surface area contributed by atoms with Crippen LogP contribution in [0.15, 0.2) is 42.5 Å². The molecule has 1 aliphatic rings. The van der Waals surface area contributed by atoms with E-state index in [1.807, 2.05) is 31.2 Å². The van der Waals surface area contributed by atoms with Crippen molar-refractivity contribution in [2.24, 2.45) is 0 Å². The third-order valence-corrected chi connectivity index (χ3v) is 4.17. The molecule has 1 heterocycles. The molecule has 7 nitrogen and oxygen atoms in total. The lowest BCUT2D eigenvalue weighted by molar-refractivity contribution is -0.118. The maximum absolute atomic E-state index is 12.4. The van der Waals surface area contributed by atoms with Gasteiger partial charge in [-0.05, 0) is 36.2 Å². The Kier molecular flexibility index (Phi) is 7.00. The molecule has 28 heavy (non-hydrogen) atoms. The van der Waals surface area contributed by atoms with E-state index >= 15 is 0 Å². The van der Waals surface area contributed by atoms with Crippen molar-refractivity contribution in [1.82, 2.24) is 5.32 Å². The summed E-state index contributed by atoms with van der Waals surface area (Å²) in [5, 5.41) is 5.60. The van der Waals surface area contributed by atoms with Gasteiger partial charge in [0.2, 0.25) is 0 Å². The van der Waals surface area contributed by atoms with Crippen molar-refractivity contribution in [1.29, 1.82) is 0 Å². The Labute approximate surface area is 164 Å². The van der Waals surface area contributed by atoms with Gasteiger partial charge >= 0.3 is 0 Å². The fraction of sp³-hybridized carbons (Fsp3) is 0.333. The molecule has 0 aromatic heterocycles. The second-order valence-electron chi connectivity index (χ2n) is 6.30. The summed E-state index contributed by atoms with van der Waals surface area (Å²) in [6.07, 6.45) is 0. The summed E-state index contributed by atoms with van der Waals surface area (Å²) in [7, 11) is 0. The second-order valence-corrected chi connectivity index (χ2v) is 6.30. The molecule has 0 saturated heterocycles. The van der Waals surface area contributed by atoms with E-state index in [0.717, 1.165) is 11.1 Å². The average Bonchev–Trinajstić information content (AvgIpc) is 2.72. The zero-order valence-electron chi connectivity index (χ0n) is 15.8. The molecule has 2 N–H and O–H groups in total. The molecule has 0 aliphatic carbocycles. The number of benzene rings is 2. The summed E-state index contributed by atoms with van der Waals surface area (Å²) in [5.74, 6) is 0.0894. The summed E-state index contributed by atoms with van der Waals surface area (Å²) in [4.78, 5) is 23.7. The minimum absolute atomic E-state index is 0.0441. The van der Waals surface area contributed by atoms with Crippen molar-refractivity contribution in [3.63, 3.8) is 0 Å². The van der Waals surface area contributed by atoms with Crippen LogP contribution in [0.5, 0.6) is 5.75 Å². The molecule has 0 atom stereocenters. The highest BCUT2D eigenvalue weighted by atomic mass is 16.5. The van der Waals surface area contributed by atoms with Crippen LogP contribution in [0.2, 0.25) is 0 Å². The number of carbonyl (C=O) groups is 2. The number of carbonyl (C=O) groups excluding carboxylic acids is 2. The Balaban J connectivity index is 1.52. The van der Waals surface area contributed by atoms with E-state index in [0.29, 0.717) is 50.0 Å². The first-order valence-electron chi connectivity index (χ1n) is 9.24.